The molecule has 6 nitrogen and oxygen atoms in total. The molecule has 21 heavy (non-hydrogen) atoms. The minimum absolute atomic E-state index is 0.0222. The van der Waals surface area contributed by atoms with Gasteiger partial charge in [-0.25, -0.2) is 4.79 Å². The van der Waals surface area contributed by atoms with Crippen LogP contribution in [0.1, 0.15) is 17.3 Å². The van der Waals surface area contributed by atoms with Gasteiger partial charge in [-0.3, -0.25) is 0 Å². The average molecular weight is 300 g/mol. The Morgan fingerprint density at radius 1 is 1.38 bits per heavy atom. The van der Waals surface area contributed by atoms with E-state index in [1.54, 1.807) is 6.92 Å². The first-order valence-electron chi connectivity index (χ1n) is 5.86. The number of alkyl halides is 3. The Morgan fingerprint density at radius 3 is 2.76 bits per heavy atom. The molecule has 0 saturated heterocycles. The molecule has 2 N–H and O–H groups in total. The van der Waals surface area contributed by atoms with Crippen molar-refractivity contribution in [2.24, 2.45) is 0 Å². The number of halogens is 3. The van der Waals surface area contributed by atoms with Crippen LogP contribution in [-0.4, -0.2) is 16.2 Å². The lowest BCUT2D eigenvalue weighted by molar-refractivity contribution is -0.137. The molecule has 0 unspecified atom stereocenters. The SMILES string of the molecule is Cc1noc(CNC(=O)Nc2cccc(C(F)(F)F)c2)n1. The van der Waals surface area contributed by atoms with Crippen molar-refractivity contribution in [1.29, 1.82) is 0 Å². The van der Waals surface area contributed by atoms with Crippen molar-refractivity contribution in [3.63, 3.8) is 0 Å². The second-order valence-electron chi connectivity index (χ2n) is 4.12. The van der Waals surface area contributed by atoms with Crippen molar-refractivity contribution < 1.29 is 22.5 Å². The van der Waals surface area contributed by atoms with Gasteiger partial charge in [0, 0.05) is 5.69 Å². The van der Waals surface area contributed by atoms with Crippen LogP contribution in [0.5, 0.6) is 0 Å². The molecular weight excluding hydrogens is 289 g/mol. The molecule has 0 aliphatic carbocycles. The van der Waals surface area contributed by atoms with Crippen LogP contribution in [0, 0.1) is 6.92 Å². The first-order chi connectivity index (χ1) is 9.84. The van der Waals surface area contributed by atoms with E-state index in [0.29, 0.717) is 5.82 Å². The van der Waals surface area contributed by atoms with Crippen molar-refractivity contribution in [3.05, 3.63) is 41.5 Å². The number of aryl methyl sites for hydroxylation is 1. The lowest BCUT2D eigenvalue weighted by Gasteiger charge is -2.10. The van der Waals surface area contributed by atoms with Crippen molar-refractivity contribution in [1.82, 2.24) is 15.5 Å². The van der Waals surface area contributed by atoms with Crippen LogP contribution in [0.15, 0.2) is 28.8 Å². The van der Waals surface area contributed by atoms with Crippen molar-refractivity contribution >= 4 is 11.7 Å². The van der Waals surface area contributed by atoms with E-state index >= 15 is 0 Å². The summed E-state index contributed by atoms with van der Waals surface area (Å²) >= 11 is 0. The summed E-state index contributed by atoms with van der Waals surface area (Å²) in [5, 5.41) is 8.22. The Hall–Kier alpha value is -2.58. The maximum atomic E-state index is 12.5. The quantitative estimate of drug-likeness (QED) is 0.913. The topological polar surface area (TPSA) is 80.0 Å². The molecule has 1 heterocycles. The van der Waals surface area contributed by atoms with Gasteiger partial charge in [0.1, 0.15) is 0 Å². The van der Waals surface area contributed by atoms with Crippen LogP contribution in [0.3, 0.4) is 0 Å². The number of nitrogens with one attached hydrogen (secondary N) is 2. The number of carbonyl (C=O) groups excluding carboxylic acids is 1. The lowest BCUT2D eigenvalue weighted by atomic mass is 10.2. The van der Waals surface area contributed by atoms with E-state index in [-0.39, 0.29) is 18.1 Å². The zero-order valence-corrected chi connectivity index (χ0v) is 10.9. The lowest BCUT2D eigenvalue weighted by Crippen LogP contribution is -2.28. The largest absolute Gasteiger partial charge is 0.416 e. The predicted molar refractivity (Wildman–Crippen MR) is 66.3 cm³/mol. The predicted octanol–water partition coefficient (Wildman–Crippen LogP) is 2.72. The summed E-state index contributed by atoms with van der Waals surface area (Å²) in [4.78, 5) is 15.4. The summed E-state index contributed by atoms with van der Waals surface area (Å²) in [6.07, 6.45) is -4.46. The zero-order valence-electron chi connectivity index (χ0n) is 10.9. The van der Waals surface area contributed by atoms with Gasteiger partial charge < -0.3 is 15.2 Å². The third kappa shape index (κ3) is 4.20. The fourth-order valence-corrected chi connectivity index (χ4v) is 1.52. The third-order valence-electron chi connectivity index (χ3n) is 2.42. The van der Waals surface area contributed by atoms with Crippen molar-refractivity contribution in [2.45, 2.75) is 19.6 Å². The number of hydrogen-bond acceptors (Lipinski definition) is 4. The fraction of sp³-hybridized carbons (Fsp3) is 0.250. The molecule has 0 radical (unpaired) electrons. The smallest absolute Gasteiger partial charge is 0.337 e. The van der Waals surface area contributed by atoms with E-state index in [2.05, 4.69) is 20.8 Å². The molecule has 2 amide bonds. The first-order valence-corrected chi connectivity index (χ1v) is 5.86. The summed E-state index contributed by atoms with van der Waals surface area (Å²) in [5.41, 5.74) is -0.808. The maximum Gasteiger partial charge on any atom is 0.416 e. The summed E-state index contributed by atoms with van der Waals surface area (Å²) in [6.45, 7) is 1.60. The highest BCUT2D eigenvalue weighted by atomic mass is 19.4. The fourth-order valence-electron chi connectivity index (χ4n) is 1.52. The molecule has 0 spiro atoms. The molecule has 9 heteroatoms. The Morgan fingerprint density at radius 2 is 2.14 bits per heavy atom. The highest BCUT2D eigenvalue weighted by Gasteiger charge is 2.30. The average Bonchev–Trinajstić information content (AvgIpc) is 2.82. The van der Waals surface area contributed by atoms with Gasteiger partial charge in [0.2, 0.25) is 5.89 Å². The van der Waals surface area contributed by atoms with E-state index < -0.39 is 17.8 Å². The molecule has 0 aliphatic rings. The Labute approximate surface area is 117 Å². The number of carbonyl (C=O) groups is 1. The number of amides is 2. The molecule has 0 atom stereocenters. The second-order valence-corrected chi connectivity index (χ2v) is 4.12. The first kappa shape index (κ1) is 14.8. The van der Waals surface area contributed by atoms with E-state index in [4.69, 9.17) is 4.52 Å². The van der Waals surface area contributed by atoms with Crippen molar-refractivity contribution in [3.8, 4) is 0 Å². The molecule has 1 aromatic carbocycles. The van der Waals surface area contributed by atoms with E-state index in [1.165, 1.54) is 12.1 Å². The monoisotopic (exact) mass is 300 g/mol. The summed E-state index contributed by atoms with van der Waals surface area (Å²) in [6, 6.07) is 3.65. The number of rotatable bonds is 3. The molecule has 2 aromatic rings. The van der Waals surface area contributed by atoms with Gasteiger partial charge in [-0.2, -0.15) is 18.2 Å². The van der Waals surface area contributed by atoms with E-state index in [0.717, 1.165) is 12.1 Å². The van der Waals surface area contributed by atoms with Crippen molar-refractivity contribution in [2.75, 3.05) is 5.32 Å². The van der Waals surface area contributed by atoms with Gasteiger partial charge in [-0.05, 0) is 25.1 Å². The third-order valence-corrected chi connectivity index (χ3v) is 2.42. The highest BCUT2D eigenvalue weighted by molar-refractivity contribution is 5.89. The van der Waals surface area contributed by atoms with Crippen LogP contribution in [0.2, 0.25) is 0 Å². The molecule has 0 bridgehead atoms. The minimum atomic E-state index is -4.46. The Balaban J connectivity index is 1.93. The number of hydrogen-bond donors (Lipinski definition) is 2. The van der Waals surface area contributed by atoms with E-state index in [1.807, 2.05) is 0 Å². The summed E-state index contributed by atoms with van der Waals surface area (Å²) < 4.78 is 42.3. The summed E-state index contributed by atoms with van der Waals surface area (Å²) in [5.74, 6) is 0.622. The van der Waals surface area contributed by atoms with Gasteiger partial charge in [0.25, 0.3) is 0 Å². The molecule has 112 valence electrons. The number of benzene rings is 1. The molecule has 1 aromatic heterocycles. The number of nitrogens with zero attached hydrogens (tertiary/aromatic N) is 2. The molecule has 0 saturated carbocycles. The minimum Gasteiger partial charge on any atom is -0.337 e. The Kier molecular flexibility index (Phi) is 4.10. The van der Waals surface area contributed by atoms with E-state index in [9.17, 15) is 18.0 Å². The van der Waals surface area contributed by atoms with Crippen LogP contribution < -0.4 is 10.6 Å². The number of urea groups is 1. The maximum absolute atomic E-state index is 12.5. The van der Waals surface area contributed by atoms with Gasteiger partial charge in [0.05, 0.1) is 12.1 Å². The van der Waals surface area contributed by atoms with Gasteiger partial charge in [-0.15, -0.1) is 0 Å². The van der Waals surface area contributed by atoms with Crippen LogP contribution in [-0.2, 0) is 12.7 Å². The summed E-state index contributed by atoms with van der Waals surface area (Å²) in [7, 11) is 0. The normalized spacial score (nSPS) is 11.2. The molecular formula is C12H11F3N4O2. The number of anilines is 1. The molecule has 0 fully saturated rings. The van der Waals surface area contributed by atoms with Gasteiger partial charge in [-0.1, -0.05) is 11.2 Å². The van der Waals surface area contributed by atoms with Crippen LogP contribution >= 0.6 is 0 Å². The number of aromatic nitrogens is 2. The molecule has 2 rings (SSSR count). The van der Waals surface area contributed by atoms with Gasteiger partial charge >= 0.3 is 12.2 Å². The standard InChI is InChI=1S/C12H11F3N4O2/c1-7-17-10(21-19-7)6-16-11(20)18-9-4-2-3-8(5-9)12(13,14)15/h2-5H,6H2,1H3,(H2,16,18,20). The highest BCUT2D eigenvalue weighted by Crippen LogP contribution is 2.30. The van der Waals surface area contributed by atoms with Crippen LogP contribution in [0.25, 0.3) is 0 Å². The van der Waals surface area contributed by atoms with Gasteiger partial charge in [0.15, 0.2) is 5.82 Å². The Bertz CT molecular complexity index is 639. The second kappa shape index (κ2) is 5.81. The zero-order chi connectivity index (χ0) is 15.5. The molecule has 0 aliphatic heterocycles. The van der Waals surface area contributed by atoms with Crippen LogP contribution in [0.4, 0.5) is 23.7 Å².